The fourth-order valence-electron chi connectivity index (χ4n) is 2.85. The number of rotatable bonds is 8. The SMILES string of the molecule is CCOc1c(Cl)cc(C(=O)OCC(=O)Nc2c(C)cccc2C(C)C)cc1OC. The Kier molecular flexibility index (Phi) is 7.91. The molecule has 1 amide bonds. The number of aryl methyl sites for hydroxylation is 1. The number of methoxy groups -OCH3 is 1. The minimum absolute atomic E-state index is 0.168. The topological polar surface area (TPSA) is 73.9 Å². The maximum absolute atomic E-state index is 12.4. The molecule has 2 rings (SSSR count). The summed E-state index contributed by atoms with van der Waals surface area (Å²) in [7, 11) is 1.45. The summed E-state index contributed by atoms with van der Waals surface area (Å²) < 4.78 is 15.8. The quantitative estimate of drug-likeness (QED) is 0.611. The maximum Gasteiger partial charge on any atom is 0.338 e. The van der Waals surface area contributed by atoms with Crippen molar-refractivity contribution >= 4 is 29.2 Å². The summed E-state index contributed by atoms with van der Waals surface area (Å²) in [6, 6.07) is 8.72. The van der Waals surface area contributed by atoms with Gasteiger partial charge in [-0.2, -0.15) is 0 Å². The predicted octanol–water partition coefficient (Wildman–Crippen LogP) is 4.97. The van der Waals surface area contributed by atoms with E-state index in [0.717, 1.165) is 16.8 Å². The van der Waals surface area contributed by atoms with Gasteiger partial charge in [-0.05, 0) is 43.0 Å². The second-order valence-electron chi connectivity index (χ2n) is 6.74. The minimum atomic E-state index is -0.683. The van der Waals surface area contributed by atoms with Crippen LogP contribution in [-0.4, -0.2) is 32.2 Å². The molecular formula is C22H26ClNO5. The second kappa shape index (κ2) is 10.2. The van der Waals surface area contributed by atoms with Crippen LogP contribution in [0, 0.1) is 6.92 Å². The van der Waals surface area contributed by atoms with E-state index in [0.29, 0.717) is 18.1 Å². The summed E-state index contributed by atoms with van der Waals surface area (Å²) in [5.41, 5.74) is 2.88. The highest BCUT2D eigenvalue weighted by Gasteiger charge is 2.18. The van der Waals surface area contributed by atoms with Gasteiger partial charge in [-0.1, -0.05) is 43.6 Å². The number of ether oxygens (including phenoxy) is 3. The molecule has 0 aliphatic rings. The Bertz CT molecular complexity index is 895. The summed E-state index contributed by atoms with van der Waals surface area (Å²) in [4.78, 5) is 24.7. The lowest BCUT2D eigenvalue weighted by molar-refractivity contribution is -0.119. The molecule has 1 N–H and O–H groups in total. The molecule has 7 heteroatoms. The Morgan fingerprint density at radius 2 is 1.93 bits per heavy atom. The number of nitrogens with one attached hydrogen (secondary N) is 1. The summed E-state index contributed by atoms with van der Waals surface area (Å²) in [5.74, 6) is -0.189. The normalized spacial score (nSPS) is 10.6. The average Bonchev–Trinajstić information content (AvgIpc) is 2.68. The first-order valence-corrected chi connectivity index (χ1v) is 9.73. The molecular weight excluding hydrogens is 394 g/mol. The number of halogens is 1. The number of para-hydroxylation sites is 1. The predicted molar refractivity (Wildman–Crippen MR) is 113 cm³/mol. The second-order valence-corrected chi connectivity index (χ2v) is 7.15. The molecule has 2 aromatic carbocycles. The first-order chi connectivity index (χ1) is 13.8. The van der Waals surface area contributed by atoms with Crippen LogP contribution in [0.15, 0.2) is 30.3 Å². The Labute approximate surface area is 176 Å². The number of benzene rings is 2. The molecule has 0 fully saturated rings. The van der Waals surface area contributed by atoms with E-state index in [9.17, 15) is 9.59 Å². The summed E-state index contributed by atoms with van der Waals surface area (Å²) in [5, 5.41) is 3.07. The number of hydrogen-bond donors (Lipinski definition) is 1. The van der Waals surface area contributed by atoms with Crippen molar-refractivity contribution in [3.8, 4) is 11.5 Å². The van der Waals surface area contributed by atoms with Crippen molar-refractivity contribution in [3.05, 3.63) is 52.0 Å². The molecule has 0 bridgehead atoms. The molecule has 0 atom stereocenters. The van der Waals surface area contributed by atoms with Crippen LogP contribution < -0.4 is 14.8 Å². The third kappa shape index (κ3) is 5.64. The van der Waals surface area contributed by atoms with E-state index in [4.69, 9.17) is 25.8 Å². The Balaban J connectivity index is 2.08. The van der Waals surface area contributed by atoms with E-state index in [1.807, 2.05) is 45.9 Å². The average molecular weight is 420 g/mol. The van der Waals surface area contributed by atoms with Crippen LogP contribution in [0.5, 0.6) is 11.5 Å². The molecule has 0 spiro atoms. The van der Waals surface area contributed by atoms with E-state index < -0.39 is 18.5 Å². The van der Waals surface area contributed by atoms with Crippen molar-refractivity contribution in [2.45, 2.75) is 33.6 Å². The molecule has 0 unspecified atom stereocenters. The zero-order chi connectivity index (χ0) is 21.6. The summed E-state index contributed by atoms with van der Waals surface area (Å²) in [6.07, 6.45) is 0. The van der Waals surface area contributed by atoms with E-state index in [2.05, 4.69) is 5.32 Å². The van der Waals surface area contributed by atoms with E-state index in [1.54, 1.807) is 0 Å². The van der Waals surface area contributed by atoms with E-state index in [1.165, 1.54) is 19.2 Å². The van der Waals surface area contributed by atoms with Gasteiger partial charge in [0.05, 0.1) is 24.3 Å². The number of carbonyl (C=O) groups is 2. The van der Waals surface area contributed by atoms with Crippen LogP contribution in [0.2, 0.25) is 5.02 Å². The number of amides is 1. The summed E-state index contributed by atoms with van der Waals surface area (Å²) in [6.45, 7) is 7.81. The molecule has 0 radical (unpaired) electrons. The van der Waals surface area contributed by atoms with Gasteiger partial charge in [0.15, 0.2) is 18.1 Å². The van der Waals surface area contributed by atoms with E-state index in [-0.39, 0.29) is 16.5 Å². The van der Waals surface area contributed by atoms with Gasteiger partial charge in [0.1, 0.15) is 0 Å². The highest BCUT2D eigenvalue weighted by Crippen LogP contribution is 2.36. The molecule has 0 saturated heterocycles. The molecule has 0 aliphatic heterocycles. The lowest BCUT2D eigenvalue weighted by atomic mass is 9.98. The van der Waals surface area contributed by atoms with Crippen molar-refractivity contribution in [2.24, 2.45) is 0 Å². The smallest absolute Gasteiger partial charge is 0.338 e. The Hall–Kier alpha value is -2.73. The van der Waals surface area contributed by atoms with Crippen molar-refractivity contribution in [2.75, 3.05) is 25.6 Å². The van der Waals surface area contributed by atoms with Gasteiger partial charge < -0.3 is 19.5 Å². The van der Waals surface area contributed by atoms with Crippen LogP contribution in [0.3, 0.4) is 0 Å². The number of carbonyl (C=O) groups excluding carboxylic acids is 2. The van der Waals surface area contributed by atoms with Gasteiger partial charge in [-0.25, -0.2) is 4.79 Å². The van der Waals surface area contributed by atoms with E-state index >= 15 is 0 Å². The molecule has 0 aromatic heterocycles. The lowest BCUT2D eigenvalue weighted by Gasteiger charge is -2.16. The first kappa shape index (κ1) is 22.6. The highest BCUT2D eigenvalue weighted by molar-refractivity contribution is 6.32. The van der Waals surface area contributed by atoms with Crippen molar-refractivity contribution in [1.29, 1.82) is 0 Å². The molecule has 29 heavy (non-hydrogen) atoms. The fourth-order valence-corrected chi connectivity index (χ4v) is 3.12. The van der Waals surface area contributed by atoms with Gasteiger partial charge >= 0.3 is 5.97 Å². The zero-order valence-electron chi connectivity index (χ0n) is 17.3. The van der Waals surface area contributed by atoms with Gasteiger partial charge in [0, 0.05) is 5.69 Å². The molecule has 0 saturated carbocycles. The lowest BCUT2D eigenvalue weighted by Crippen LogP contribution is -2.22. The number of anilines is 1. The molecule has 156 valence electrons. The number of hydrogen-bond acceptors (Lipinski definition) is 5. The largest absolute Gasteiger partial charge is 0.493 e. The van der Waals surface area contributed by atoms with Crippen molar-refractivity contribution in [3.63, 3.8) is 0 Å². The van der Waals surface area contributed by atoms with Crippen LogP contribution in [0.4, 0.5) is 5.69 Å². The van der Waals surface area contributed by atoms with Crippen LogP contribution in [0.1, 0.15) is 48.2 Å². The van der Waals surface area contributed by atoms with Crippen LogP contribution >= 0.6 is 11.6 Å². The highest BCUT2D eigenvalue weighted by atomic mass is 35.5. The van der Waals surface area contributed by atoms with Gasteiger partial charge in [0.2, 0.25) is 0 Å². The maximum atomic E-state index is 12.4. The summed E-state index contributed by atoms with van der Waals surface area (Å²) >= 11 is 6.18. The molecule has 0 aliphatic carbocycles. The standard InChI is InChI=1S/C22H26ClNO5/c1-6-28-21-17(23)10-15(11-18(21)27-5)22(26)29-12-19(25)24-20-14(4)8-7-9-16(20)13(2)3/h7-11,13H,6,12H2,1-5H3,(H,24,25). The zero-order valence-corrected chi connectivity index (χ0v) is 18.1. The van der Waals surface area contributed by atoms with Crippen molar-refractivity contribution in [1.82, 2.24) is 0 Å². The first-order valence-electron chi connectivity index (χ1n) is 9.35. The molecule has 0 heterocycles. The van der Waals surface area contributed by atoms with Crippen molar-refractivity contribution < 1.29 is 23.8 Å². The monoisotopic (exact) mass is 419 g/mol. The minimum Gasteiger partial charge on any atom is -0.493 e. The Morgan fingerprint density at radius 3 is 2.55 bits per heavy atom. The Morgan fingerprint density at radius 1 is 1.21 bits per heavy atom. The third-order valence-electron chi connectivity index (χ3n) is 4.28. The molecule has 6 nitrogen and oxygen atoms in total. The number of esters is 1. The fraction of sp³-hybridized carbons (Fsp3) is 0.364. The van der Waals surface area contributed by atoms with Gasteiger partial charge in [0.25, 0.3) is 5.91 Å². The van der Waals surface area contributed by atoms with Gasteiger partial charge in [-0.15, -0.1) is 0 Å². The van der Waals surface area contributed by atoms with Gasteiger partial charge in [-0.3, -0.25) is 4.79 Å². The van der Waals surface area contributed by atoms with Crippen LogP contribution in [-0.2, 0) is 9.53 Å². The van der Waals surface area contributed by atoms with Crippen LogP contribution in [0.25, 0.3) is 0 Å². The molecule has 2 aromatic rings. The third-order valence-corrected chi connectivity index (χ3v) is 4.56.